The molecule has 0 amide bonds. The van der Waals surface area contributed by atoms with E-state index in [1.165, 1.54) is 0 Å². The Morgan fingerprint density at radius 2 is 2.05 bits per heavy atom. The van der Waals surface area contributed by atoms with Crippen LogP contribution in [-0.4, -0.2) is 13.7 Å². The number of nitriles is 1. The second kappa shape index (κ2) is 7.40. The summed E-state index contributed by atoms with van der Waals surface area (Å²) >= 11 is 3.46. The molecule has 4 heteroatoms. The minimum absolute atomic E-state index is 0.209. The van der Waals surface area contributed by atoms with Crippen molar-refractivity contribution in [2.45, 2.75) is 33.1 Å². The normalized spacial score (nSPS) is 10.9. The predicted molar refractivity (Wildman–Crippen MR) is 82.4 cm³/mol. The topological polar surface area (TPSA) is 45.0 Å². The molecule has 0 saturated carbocycles. The van der Waals surface area contributed by atoms with Crippen molar-refractivity contribution >= 4 is 21.6 Å². The Bertz CT molecular complexity index is 452. The molecule has 0 bridgehead atoms. The monoisotopic (exact) mass is 324 g/mol. The Kier molecular flexibility index (Phi) is 6.17. The van der Waals surface area contributed by atoms with Gasteiger partial charge in [0.15, 0.2) is 0 Å². The van der Waals surface area contributed by atoms with E-state index in [1.807, 2.05) is 32.0 Å². The van der Waals surface area contributed by atoms with Crippen molar-refractivity contribution in [1.29, 1.82) is 5.26 Å². The number of unbranched alkanes of at least 4 members (excludes halogenated alkanes) is 1. The molecule has 0 aliphatic rings. The molecule has 0 fully saturated rings. The van der Waals surface area contributed by atoms with Crippen molar-refractivity contribution in [3.8, 4) is 11.8 Å². The lowest BCUT2D eigenvalue weighted by molar-refractivity contribution is 0.414. The molecule has 0 unspecified atom stereocenters. The number of hydrogen-bond donors (Lipinski definition) is 1. The predicted octanol–water partition coefficient (Wildman–Crippen LogP) is 4.59. The van der Waals surface area contributed by atoms with Gasteiger partial charge in [0, 0.05) is 22.8 Å². The number of rotatable bonds is 7. The molecule has 3 nitrogen and oxygen atoms in total. The largest absolute Gasteiger partial charge is 0.497 e. The van der Waals surface area contributed by atoms with Crippen molar-refractivity contribution in [2.75, 3.05) is 19.0 Å². The van der Waals surface area contributed by atoms with Gasteiger partial charge in [0.25, 0.3) is 0 Å². The first-order valence-corrected chi connectivity index (χ1v) is 7.26. The number of anilines is 1. The Hall–Kier alpha value is -1.21. The van der Waals surface area contributed by atoms with Crippen LogP contribution in [-0.2, 0) is 0 Å². The van der Waals surface area contributed by atoms with E-state index in [1.54, 1.807) is 7.11 Å². The van der Waals surface area contributed by atoms with Crippen LogP contribution < -0.4 is 10.1 Å². The Morgan fingerprint density at radius 1 is 1.32 bits per heavy atom. The first kappa shape index (κ1) is 15.8. The van der Waals surface area contributed by atoms with Gasteiger partial charge in [-0.2, -0.15) is 5.26 Å². The van der Waals surface area contributed by atoms with Gasteiger partial charge in [-0.05, 0) is 38.8 Å². The first-order valence-electron chi connectivity index (χ1n) is 6.46. The van der Waals surface area contributed by atoms with Crippen LogP contribution in [0.1, 0.15) is 33.1 Å². The summed E-state index contributed by atoms with van der Waals surface area (Å²) in [7, 11) is 1.66. The summed E-state index contributed by atoms with van der Waals surface area (Å²) in [4.78, 5) is 0. The summed E-state index contributed by atoms with van der Waals surface area (Å²) in [6.45, 7) is 4.88. The van der Waals surface area contributed by atoms with E-state index in [-0.39, 0.29) is 5.41 Å². The second-order valence-corrected chi connectivity index (χ2v) is 6.17. The van der Waals surface area contributed by atoms with E-state index in [9.17, 15) is 0 Å². The average molecular weight is 325 g/mol. The Balaban J connectivity index is 2.34. The summed E-state index contributed by atoms with van der Waals surface area (Å²) in [6.07, 6.45) is 3.05. The molecule has 1 rings (SSSR count). The lowest BCUT2D eigenvalue weighted by Gasteiger charge is -2.14. The van der Waals surface area contributed by atoms with Crippen LogP contribution in [0.15, 0.2) is 22.7 Å². The summed E-state index contributed by atoms with van der Waals surface area (Å²) in [5.74, 6) is 0.836. The summed E-state index contributed by atoms with van der Waals surface area (Å²) in [6, 6.07) is 8.27. The van der Waals surface area contributed by atoms with Crippen LogP contribution in [0.3, 0.4) is 0 Å². The number of ether oxygens (including phenoxy) is 1. The van der Waals surface area contributed by atoms with Crippen LogP contribution in [0, 0.1) is 16.7 Å². The third kappa shape index (κ3) is 5.98. The minimum atomic E-state index is -0.209. The zero-order valence-corrected chi connectivity index (χ0v) is 13.4. The zero-order chi connectivity index (χ0) is 14.3. The van der Waals surface area contributed by atoms with Gasteiger partial charge in [0.2, 0.25) is 0 Å². The van der Waals surface area contributed by atoms with Gasteiger partial charge < -0.3 is 10.1 Å². The van der Waals surface area contributed by atoms with Gasteiger partial charge in [-0.1, -0.05) is 22.4 Å². The van der Waals surface area contributed by atoms with E-state index in [0.29, 0.717) is 0 Å². The highest BCUT2D eigenvalue weighted by Crippen LogP contribution is 2.25. The molecular weight excluding hydrogens is 304 g/mol. The van der Waals surface area contributed by atoms with Crippen molar-refractivity contribution in [3.63, 3.8) is 0 Å². The van der Waals surface area contributed by atoms with Gasteiger partial charge >= 0.3 is 0 Å². The SMILES string of the molecule is COc1cc(Br)cc(NCCCCC(C)(C)C#N)c1. The van der Waals surface area contributed by atoms with Crippen LogP contribution >= 0.6 is 15.9 Å². The van der Waals surface area contributed by atoms with Gasteiger partial charge in [-0.25, -0.2) is 0 Å². The minimum Gasteiger partial charge on any atom is -0.497 e. The van der Waals surface area contributed by atoms with E-state index in [2.05, 4.69) is 27.3 Å². The summed E-state index contributed by atoms with van der Waals surface area (Å²) < 4.78 is 6.22. The zero-order valence-electron chi connectivity index (χ0n) is 11.8. The highest BCUT2D eigenvalue weighted by Gasteiger charge is 2.15. The second-order valence-electron chi connectivity index (χ2n) is 5.26. The molecule has 0 saturated heterocycles. The molecule has 1 N–H and O–H groups in total. The first-order chi connectivity index (χ1) is 8.96. The molecule has 0 heterocycles. The molecule has 1 aromatic rings. The molecule has 1 aromatic carbocycles. The molecule has 104 valence electrons. The molecule has 0 aliphatic heterocycles. The molecule has 0 atom stereocenters. The third-order valence-corrected chi connectivity index (χ3v) is 3.43. The number of benzene rings is 1. The van der Waals surface area contributed by atoms with E-state index in [4.69, 9.17) is 10.00 Å². The number of halogens is 1. The van der Waals surface area contributed by atoms with Gasteiger partial charge in [-0.3, -0.25) is 0 Å². The molecule has 0 aliphatic carbocycles. The smallest absolute Gasteiger partial charge is 0.122 e. The quantitative estimate of drug-likeness (QED) is 0.746. The fourth-order valence-corrected chi connectivity index (χ4v) is 2.24. The number of hydrogen-bond acceptors (Lipinski definition) is 3. The van der Waals surface area contributed by atoms with Crippen molar-refractivity contribution in [2.24, 2.45) is 5.41 Å². The highest BCUT2D eigenvalue weighted by molar-refractivity contribution is 9.10. The van der Waals surface area contributed by atoms with Crippen LogP contribution in [0.25, 0.3) is 0 Å². The fraction of sp³-hybridized carbons (Fsp3) is 0.533. The Morgan fingerprint density at radius 3 is 2.68 bits per heavy atom. The van der Waals surface area contributed by atoms with Gasteiger partial charge in [0.1, 0.15) is 5.75 Å². The van der Waals surface area contributed by atoms with E-state index < -0.39 is 0 Å². The summed E-state index contributed by atoms with van der Waals surface area (Å²) in [5.41, 5.74) is 0.838. The fourth-order valence-electron chi connectivity index (χ4n) is 1.76. The maximum absolute atomic E-state index is 8.93. The maximum atomic E-state index is 8.93. The molecule has 0 aromatic heterocycles. The lowest BCUT2D eigenvalue weighted by atomic mass is 9.89. The van der Waals surface area contributed by atoms with Crippen molar-refractivity contribution < 1.29 is 4.74 Å². The molecule has 0 radical (unpaired) electrons. The van der Waals surface area contributed by atoms with Crippen LogP contribution in [0.4, 0.5) is 5.69 Å². The van der Waals surface area contributed by atoms with Crippen LogP contribution in [0.2, 0.25) is 0 Å². The number of methoxy groups -OCH3 is 1. The van der Waals surface area contributed by atoms with Gasteiger partial charge in [0.05, 0.1) is 18.6 Å². The number of nitrogens with zero attached hydrogens (tertiary/aromatic N) is 1. The van der Waals surface area contributed by atoms with Gasteiger partial charge in [-0.15, -0.1) is 0 Å². The van der Waals surface area contributed by atoms with E-state index in [0.717, 1.165) is 41.7 Å². The number of nitrogens with one attached hydrogen (secondary N) is 1. The summed E-state index contributed by atoms with van der Waals surface area (Å²) in [5, 5.41) is 12.3. The maximum Gasteiger partial charge on any atom is 0.122 e. The lowest BCUT2D eigenvalue weighted by Crippen LogP contribution is -2.09. The van der Waals surface area contributed by atoms with Crippen LogP contribution in [0.5, 0.6) is 5.75 Å². The molecule has 0 spiro atoms. The molecule has 19 heavy (non-hydrogen) atoms. The highest BCUT2D eigenvalue weighted by atomic mass is 79.9. The standard InChI is InChI=1S/C15H21BrN2O/c1-15(2,11-17)6-4-5-7-18-13-8-12(16)9-14(10-13)19-3/h8-10,18H,4-7H2,1-3H3. The third-order valence-electron chi connectivity index (χ3n) is 2.97. The average Bonchev–Trinajstić information content (AvgIpc) is 2.37. The van der Waals surface area contributed by atoms with Crippen molar-refractivity contribution in [3.05, 3.63) is 22.7 Å². The Labute approximate surface area is 124 Å². The van der Waals surface area contributed by atoms with Crippen molar-refractivity contribution in [1.82, 2.24) is 0 Å². The molecular formula is C15H21BrN2O. The van der Waals surface area contributed by atoms with E-state index >= 15 is 0 Å².